The molecular formula is C20H33ClN2O4. The Labute approximate surface area is 169 Å². The van der Waals surface area contributed by atoms with Gasteiger partial charge in [-0.25, -0.2) is 4.79 Å². The van der Waals surface area contributed by atoms with E-state index in [9.17, 15) is 4.79 Å². The molecule has 0 spiro atoms. The third kappa shape index (κ3) is 8.71. The fraction of sp³-hybridized carbons (Fsp3) is 0.650. The number of carbonyl (C=O) groups is 1. The van der Waals surface area contributed by atoms with Crippen LogP contribution in [0.3, 0.4) is 0 Å². The van der Waals surface area contributed by atoms with E-state index in [1.165, 1.54) is 0 Å². The highest BCUT2D eigenvalue weighted by atomic mass is 35.5. The largest absolute Gasteiger partial charge is 0.494 e. The van der Waals surface area contributed by atoms with Crippen LogP contribution in [0.1, 0.15) is 33.1 Å². The Bertz CT molecular complexity index is 519. The van der Waals surface area contributed by atoms with Crippen molar-refractivity contribution in [3.05, 3.63) is 24.3 Å². The van der Waals surface area contributed by atoms with Crippen LogP contribution < -0.4 is 9.47 Å². The molecule has 1 aliphatic rings. The Morgan fingerprint density at radius 2 is 1.48 bits per heavy atom. The summed E-state index contributed by atoms with van der Waals surface area (Å²) >= 11 is 0. The van der Waals surface area contributed by atoms with Crippen LogP contribution in [0, 0.1) is 0 Å². The fourth-order valence-corrected chi connectivity index (χ4v) is 2.81. The van der Waals surface area contributed by atoms with Gasteiger partial charge in [0.2, 0.25) is 0 Å². The Kier molecular flexibility index (Phi) is 11.7. The molecule has 1 heterocycles. The monoisotopic (exact) mass is 400 g/mol. The second-order valence-corrected chi connectivity index (χ2v) is 6.40. The summed E-state index contributed by atoms with van der Waals surface area (Å²) in [6, 6.07) is 7.83. The Morgan fingerprint density at radius 3 is 2.00 bits per heavy atom. The van der Waals surface area contributed by atoms with Gasteiger partial charge in [0.15, 0.2) is 0 Å². The van der Waals surface area contributed by atoms with Gasteiger partial charge in [0, 0.05) is 32.7 Å². The van der Waals surface area contributed by atoms with Crippen LogP contribution in [-0.2, 0) is 4.74 Å². The maximum Gasteiger partial charge on any atom is 0.409 e. The number of piperazine rings is 1. The van der Waals surface area contributed by atoms with Crippen LogP contribution in [0.5, 0.6) is 11.5 Å². The van der Waals surface area contributed by atoms with Crippen LogP contribution in [0.4, 0.5) is 4.79 Å². The van der Waals surface area contributed by atoms with Gasteiger partial charge in [-0.15, -0.1) is 12.4 Å². The van der Waals surface area contributed by atoms with E-state index in [4.69, 9.17) is 14.2 Å². The second-order valence-electron chi connectivity index (χ2n) is 6.40. The van der Waals surface area contributed by atoms with E-state index >= 15 is 0 Å². The maximum absolute atomic E-state index is 11.7. The topological polar surface area (TPSA) is 51.2 Å². The third-order valence-corrected chi connectivity index (χ3v) is 4.38. The fourth-order valence-electron chi connectivity index (χ4n) is 2.81. The number of hydrogen-bond acceptors (Lipinski definition) is 5. The average molecular weight is 401 g/mol. The lowest BCUT2D eigenvalue weighted by Gasteiger charge is -2.33. The summed E-state index contributed by atoms with van der Waals surface area (Å²) in [5.74, 6) is 1.77. The Hall–Kier alpha value is -1.66. The lowest BCUT2D eigenvalue weighted by atomic mass is 10.3. The van der Waals surface area contributed by atoms with E-state index in [2.05, 4.69) is 11.8 Å². The first-order valence-corrected chi connectivity index (χ1v) is 9.72. The molecule has 1 saturated heterocycles. The van der Waals surface area contributed by atoms with Gasteiger partial charge in [0.25, 0.3) is 0 Å². The van der Waals surface area contributed by atoms with E-state index in [1.54, 1.807) is 4.90 Å². The van der Waals surface area contributed by atoms with Gasteiger partial charge < -0.3 is 19.1 Å². The van der Waals surface area contributed by atoms with E-state index < -0.39 is 0 Å². The minimum absolute atomic E-state index is 0. The van der Waals surface area contributed by atoms with Crippen molar-refractivity contribution < 1.29 is 19.0 Å². The van der Waals surface area contributed by atoms with Crippen LogP contribution in [0.25, 0.3) is 0 Å². The number of halogens is 1. The van der Waals surface area contributed by atoms with E-state index in [1.807, 2.05) is 31.2 Å². The van der Waals surface area contributed by atoms with Crippen molar-refractivity contribution in [2.45, 2.75) is 33.1 Å². The molecule has 0 radical (unpaired) electrons. The molecule has 154 valence electrons. The summed E-state index contributed by atoms with van der Waals surface area (Å²) in [6.45, 7) is 10.1. The SMILES string of the molecule is CCCCOc1ccc(OCCCN2CCN(C(=O)OCC)CC2)cc1.Cl. The van der Waals surface area contributed by atoms with Crippen molar-refractivity contribution in [2.75, 3.05) is 52.5 Å². The zero-order chi connectivity index (χ0) is 18.6. The third-order valence-electron chi connectivity index (χ3n) is 4.38. The highest BCUT2D eigenvalue weighted by Crippen LogP contribution is 2.18. The van der Waals surface area contributed by atoms with Crippen molar-refractivity contribution in [2.24, 2.45) is 0 Å². The smallest absolute Gasteiger partial charge is 0.409 e. The highest BCUT2D eigenvalue weighted by Gasteiger charge is 2.21. The highest BCUT2D eigenvalue weighted by molar-refractivity contribution is 5.85. The first-order chi connectivity index (χ1) is 12.7. The Morgan fingerprint density at radius 1 is 0.926 bits per heavy atom. The second kappa shape index (κ2) is 13.5. The van der Waals surface area contributed by atoms with E-state index in [-0.39, 0.29) is 18.5 Å². The number of rotatable bonds is 10. The van der Waals surface area contributed by atoms with Crippen LogP contribution in [0.15, 0.2) is 24.3 Å². The van der Waals surface area contributed by atoms with E-state index in [0.717, 1.165) is 70.1 Å². The first-order valence-electron chi connectivity index (χ1n) is 9.72. The van der Waals surface area contributed by atoms with E-state index in [0.29, 0.717) is 13.2 Å². The molecule has 1 aromatic carbocycles. The zero-order valence-corrected chi connectivity index (χ0v) is 17.3. The number of benzene rings is 1. The van der Waals surface area contributed by atoms with Crippen LogP contribution >= 0.6 is 12.4 Å². The predicted octanol–water partition coefficient (Wildman–Crippen LogP) is 3.83. The molecule has 0 unspecified atom stereocenters. The molecule has 0 bridgehead atoms. The van der Waals surface area contributed by atoms with Gasteiger partial charge in [-0.1, -0.05) is 13.3 Å². The molecule has 27 heavy (non-hydrogen) atoms. The molecule has 7 heteroatoms. The molecular weight excluding hydrogens is 368 g/mol. The minimum Gasteiger partial charge on any atom is -0.494 e. The molecule has 0 aromatic heterocycles. The normalized spacial score (nSPS) is 14.4. The molecule has 0 atom stereocenters. The van der Waals surface area contributed by atoms with Crippen LogP contribution in [-0.4, -0.2) is 68.4 Å². The number of hydrogen-bond donors (Lipinski definition) is 0. The first kappa shape index (κ1) is 23.4. The van der Waals surface area contributed by atoms with Crippen molar-refractivity contribution >= 4 is 18.5 Å². The van der Waals surface area contributed by atoms with Gasteiger partial charge in [0.05, 0.1) is 19.8 Å². The molecule has 1 fully saturated rings. The number of carbonyl (C=O) groups excluding carboxylic acids is 1. The molecule has 2 rings (SSSR count). The quantitative estimate of drug-likeness (QED) is 0.558. The summed E-state index contributed by atoms with van der Waals surface area (Å²) in [5.41, 5.74) is 0. The summed E-state index contributed by atoms with van der Waals surface area (Å²) in [7, 11) is 0. The standard InChI is InChI=1S/C20H32N2O4.ClH/c1-3-5-16-25-18-7-9-19(10-8-18)26-17-6-11-21-12-14-22(15-13-21)20(23)24-4-2;/h7-10H,3-6,11-17H2,1-2H3;1H. The maximum atomic E-state index is 11.7. The van der Waals surface area contributed by atoms with Crippen molar-refractivity contribution in [3.8, 4) is 11.5 Å². The average Bonchev–Trinajstić information content (AvgIpc) is 2.67. The molecule has 1 amide bonds. The summed E-state index contributed by atoms with van der Waals surface area (Å²) in [5, 5.41) is 0. The van der Waals surface area contributed by atoms with Crippen molar-refractivity contribution in [1.82, 2.24) is 9.80 Å². The van der Waals surface area contributed by atoms with Gasteiger partial charge in [0.1, 0.15) is 11.5 Å². The lowest BCUT2D eigenvalue weighted by molar-refractivity contribution is 0.0782. The molecule has 6 nitrogen and oxygen atoms in total. The van der Waals surface area contributed by atoms with Crippen molar-refractivity contribution in [1.29, 1.82) is 0 Å². The lowest BCUT2D eigenvalue weighted by Crippen LogP contribution is -2.49. The number of nitrogens with zero attached hydrogens (tertiary/aromatic N) is 2. The van der Waals surface area contributed by atoms with Crippen LogP contribution in [0.2, 0.25) is 0 Å². The van der Waals surface area contributed by atoms with Gasteiger partial charge in [-0.05, 0) is 44.0 Å². The van der Waals surface area contributed by atoms with Gasteiger partial charge >= 0.3 is 6.09 Å². The summed E-state index contributed by atoms with van der Waals surface area (Å²) in [6.07, 6.45) is 2.98. The predicted molar refractivity (Wildman–Crippen MR) is 109 cm³/mol. The van der Waals surface area contributed by atoms with Crippen molar-refractivity contribution in [3.63, 3.8) is 0 Å². The minimum atomic E-state index is -0.197. The number of amides is 1. The molecule has 1 aromatic rings. The molecule has 0 aliphatic carbocycles. The number of unbranched alkanes of at least 4 members (excludes halogenated alkanes) is 1. The molecule has 0 saturated carbocycles. The molecule has 0 N–H and O–H groups in total. The van der Waals surface area contributed by atoms with Gasteiger partial charge in [-0.3, -0.25) is 4.90 Å². The molecule has 1 aliphatic heterocycles. The summed E-state index contributed by atoms with van der Waals surface area (Å²) < 4.78 is 16.5. The summed E-state index contributed by atoms with van der Waals surface area (Å²) in [4.78, 5) is 15.8. The Balaban J connectivity index is 0.00000364. The zero-order valence-electron chi connectivity index (χ0n) is 16.5. The number of ether oxygens (including phenoxy) is 3. The van der Waals surface area contributed by atoms with Gasteiger partial charge in [-0.2, -0.15) is 0 Å².